The van der Waals surface area contributed by atoms with Crippen molar-refractivity contribution in [1.29, 1.82) is 0 Å². The van der Waals surface area contributed by atoms with Crippen LogP contribution in [0.4, 0.5) is 4.79 Å². The first kappa shape index (κ1) is 11.0. The molecule has 0 spiro atoms. The van der Waals surface area contributed by atoms with E-state index in [1.807, 2.05) is 6.92 Å². The van der Waals surface area contributed by atoms with Gasteiger partial charge in [0.2, 0.25) is 0 Å². The van der Waals surface area contributed by atoms with E-state index in [2.05, 4.69) is 4.99 Å². The van der Waals surface area contributed by atoms with Crippen LogP contribution in [0.1, 0.15) is 13.8 Å². The van der Waals surface area contributed by atoms with Gasteiger partial charge < -0.3 is 9.47 Å². The van der Waals surface area contributed by atoms with Crippen molar-refractivity contribution in [3.8, 4) is 0 Å². The number of rotatable bonds is 2. The van der Waals surface area contributed by atoms with Crippen molar-refractivity contribution >= 4 is 11.9 Å². The van der Waals surface area contributed by atoms with Crippen molar-refractivity contribution < 1.29 is 14.3 Å². The molecule has 0 N–H and O–H groups in total. The maximum atomic E-state index is 11.4. The summed E-state index contributed by atoms with van der Waals surface area (Å²) in [6, 6.07) is -0.0730. The Bertz CT molecular complexity index is 252. The number of carbonyl (C=O) groups excluding carboxylic acids is 1. The van der Waals surface area contributed by atoms with Crippen LogP contribution in [-0.2, 0) is 9.47 Å². The fourth-order valence-electron chi connectivity index (χ4n) is 1.42. The van der Waals surface area contributed by atoms with Gasteiger partial charge in [-0.05, 0) is 13.8 Å². The Morgan fingerprint density at radius 3 is 2.93 bits per heavy atom. The van der Waals surface area contributed by atoms with Gasteiger partial charge in [-0.1, -0.05) is 0 Å². The number of carbonyl (C=O) groups is 1. The normalized spacial score (nSPS) is 25.1. The molecule has 1 aliphatic heterocycles. The molecule has 2 unspecified atom stereocenters. The molecule has 5 heteroatoms. The average molecular weight is 200 g/mol. The highest BCUT2D eigenvalue weighted by atomic mass is 16.6. The molecule has 0 bridgehead atoms. The third-order valence-corrected chi connectivity index (χ3v) is 2.49. The second kappa shape index (κ2) is 4.41. The van der Waals surface area contributed by atoms with Gasteiger partial charge in [-0.2, -0.15) is 0 Å². The van der Waals surface area contributed by atoms with Crippen molar-refractivity contribution in [3.63, 3.8) is 0 Å². The lowest BCUT2D eigenvalue weighted by molar-refractivity contribution is 0.0682. The van der Waals surface area contributed by atoms with Gasteiger partial charge >= 0.3 is 6.09 Å². The molecule has 0 aromatic carbocycles. The smallest absolute Gasteiger partial charge is 0.415 e. The fraction of sp³-hybridized carbons (Fsp3) is 0.778. The molecule has 14 heavy (non-hydrogen) atoms. The van der Waals surface area contributed by atoms with Crippen LogP contribution in [0.5, 0.6) is 0 Å². The molecular formula is C9H16N2O3. The molecular weight excluding hydrogens is 184 g/mol. The van der Waals surface area contributed by atoms with Gasteiger partial charge in [0.25, 0.3) is 0 Å². The van der Waals surface area contributed by atoms with Gasteiger partial charge in [0, 0.05) is 14.2 Å². The quantitative estimate of drug-likeness (QED) is 0.491. The van der Waals surface area contributed by atoms with Crippen LogP contribution in [0.25, 0.3) is 0 Å². The summed E-state index contributed by atoms with van der Waals surface area (Å²) < 4.78 is 10.1. The van der Waals surface area contributed by atoms with Crippen molar-refractivity contribution in [2.75, 3.05) is 20.8 Å². The Balaban J connectivity index is 2.82. The molecule has 0 radical (unpaired) electrons. The summed E-state index contributed by atoms with van der Waals surface area (Å²) in [6.07, 6.45) is -0.403. The van der Waals surface area contributed by atoms with Gasteiger partial charge in [-0.25, -0.2) is 4.79 Å². The molecule has 1 fully saturated rings. The highest BCUT2D eigenvalue weighted by molar-refractivity contribution is 5.95. The number of hydrogen-bond donors (Lipinski definition) is 0. The topological polar surface area (TPSA) is 51.1 Å². The molecule has 0 aliphatic carbocycles. The number of nitrogens with zero attached hydrogens (tertiary/aromatic N) is 2. The number of cyclic esters (lactones) is 1. The minimum absolute atomic E-state index is 0.0573. The summed E-state index contributed by atoms with van der Waals surface area (Å²) >= 11 is 0. The summed E-state index contributed by atoms with van der Waals surface area (Å²) in [6.45, 7) is 4.05. The minimum Gasteiger partial charge on any atom is -0.447 e. The molecule has 80 valence electrons. The maximum absolute atomic E-state index is 11.4. The van der Waals surface area contributed by atoms with E-state index in [9.17, 15) is 4.79 Å². The molecule has 1 amide bonds. The Labute approximate surface area is 83.7 Å². The molecule has 1 heterocycles. The number of amides is 1. The lowest BCUT2D eigenvalue weighted by atomic mass is 10.2. The van der Waals surface area contributed by atoms with E-state index in [1.54, 1.807) is 21.1 Å². The third-order valence-electron chi connectivity index (χ3n) is 2.49. The highest BCUT2D eigenvalue weighted by Crippen LogP contribution is 2.17. The Kier molecular flexibility index (Phi) is 3.46. The molecule has 0 aromatic rings. The number of methoxy groups -OCH3 is 1. The lowest BCUT2D eigenvalue weighted by Gasteiger charge is -2.24. The van der Waals surface area contributed by atoms with Crippen LogP contribution in [0, 0.1) is 0 Å². The number of aliphatic imine (C=N–C) groups is 1. The summed E-state index contributed by atoms with van der Waals surface area (Å²) in [4.78, 5) is 16.9. The number of hydrogen-bond acceptors (Lipinski definition) is 4. The second-order valence-corrected chi connectivity index (χ2v) is 3.23. The molecule has 1 aliphatic rings. The SMILES string of the molecule is CN=C(C)N1C(=O)OCC1C(C)OC. The van der Waals surface area contributed by atoms with Crippen LogP contribution < -0.4 is 0 Å². The fourth-order valence-corrected chi connectivity index (χ4v) is 1.42. The van der Waals surface area contributed by atoms with Gasteiger partial charge in [0.15, 0.2) is 0 Å². The van der Waals surface area contributed by atoms with Gasteiger partial charge in [0.1, 0.15) is 18.5 Å². The monoisotopic (exact) mass is 200 g/mol. The van der Waals surface area contributed by atoms with Crippen LogP contribution in [0.3, 0.4) is 0 Å². The van der Waals surface area contributed by atoms with Crippen LogP contribution in [0.15, 0.2) is 4.99 Å². The zero-order chi connectivity index (χ0) is 10.7. The number of amidine groups is 1. The summed E-state index contributed by atoms with van der Waals surface area (Å²) in [5.41, 5.74) is 0. The van der Waals surface area contributed by atoms with Gasteiger partial charge in [0.05, 0.1) is 6.10 Å². The van der Waals surface area contributed by atoms with E-state index in [-0.39, 0.29) is 18.2 Å². The standard InChI is InChI=1S/C9H16N2O3/c1-6(13-4)8-5-14-9(12)11(8)7(2)10-3/h6,8H,5H2,1-4H3. The van der Waals surface area contributed by atoms with Crippen LogP contribution in [-0.4, -0.2) is 49.7 Å². The van der Waals surface area contributed by atoms with Crippen LogP contribution >= 0.6 is 0 Å². The zero-order valence-electron chi connectivity index (χ0n) is 8.98. The van der Waals surface area contributed by atoms with E-state index >= 15 is 0 Å². The summed E-state index contributed by atoms with van der Waals surface area (Å²) in [7, 11) is 3.26. The average Bonchev–Trinajstić information content (AvgIpc) is 2.58. The predicted molar refractivity (Wildman–Crippen MR) is 52.5 cm³/mol. The summed E-state index contributed by atoms with van der Waals surface area (Å²) in [5, 5.41) is 0. The number of ether oxygens (including phenoxy) is 2. The second-order valence-electron chi connectivity index (χ2n) is 3.23. The van der Waals surface area contributed by atoms with E-state index in [4.69, 9.17) is 9.47 Å². The van der Waals surface area contributed by atoms with E-state index < -0.39 is 0 Å². The van der Waals surface area contributed by atoms with Gasteiger partial charge in [-0.3, -0.25) is 9.89 Å². The van der Waals surface area contributed by atoms with E-state index in [1.165, 1.54) is 4.90 Å². The molecule has 2 atom stereocenters. The van der Waals surface area contributed by atoms with Crippen molar-refractivity contribution in [3.05, 3.63) is 0 Å². The largest absolute Gasteiger partial charge is 0.447 e. The molecule has 1 rings (SSSR count). The molecule has 1 saturated heterocycles. The highest BCUT2D eigenvalue weighted by Gasteiger charge is 2.38. The first-order chi connectivity index (χ1) is 6.61. The third kappa shape index (κ3) is 1.87. The van der Waals surface area contributed by atoms with Crippen molar-refractivity contribution in [1.82, 2.24) is 4.90 Å². The van der Waals surface area contributed by atoms with E-state index in [0.29, 0.717) is 12.4 Å². The zero-order valence-corrected chi connectivity index (χ0v) is 8.98. The first-order valence-corrected chi connectivity index (χ1v) is 4.54. The Hall–Kier alpha value is -1.10. The van der Waals surface area contributed by atoms with Crippen molar-refractivity contribution in [2.24, 2.45) is 4.99 Å². The molecule has 5 nitrogen and oxygen atoms in total. The first-order valence-electron chi connectivity index (χ1n) is 4.54. The Morgan fingerprint density at radius 2 is 2.43 bits per heavy atom. The minimum atomic E-state index is -0.345. The summed E-state index contributed by atoms with van der Waals surface area (Å²) in [5.74, 6) is 0.654. The van der Waals surface area contributed by atoms with Gasteiger partial charge in [-0.15, -0.1) is 0 Å². The maximum Gasteiger partial charge on any atom is 0.415 e. The van der Waals surface area contributed by atoms with E-state index in [0.717, 1.165) is 0 Å². The lowest BCUT2D eigenvalue weighted by Crippen LogP contribution is -2.44. The Morgan fingerprint density at radius 1 is 1.79 bits per heavy atom. The van der Waals surface area contributed by atoms with Crippen molar-refractivity contribution in [2.45, 2.75) is 26.0 Å². The predicted octanol–water partition coefficient (Wildman–Crippen LogP) is 0.890. The molecule has 0 saturated carbocycles. The molecule has 0 aromatic heterocycles. The van der Waals surface area contributed by atoms with Crippen LogP contribution in [0.2, 0.25) is 0 Å².